The number of likely N-dealkylation sites (tertiary alicyclic amines) is 1. The molecule has 1 amide bonds. The zero-order valence-electron chi connectivity index (χ0n) is 13.9. The van der Waals surface area contributed by atoms with Crippen LogP contribution < -0.4 is 5.32 Å². The van der Waals surface area contributed by atoms with Crippen molar-refractivity contribution in [3.63, 3.8) is 0 Å². The Morgan fingerprint density at radius 3 is 2.38 bits per heavy atom. The minimum Gasteiger partial charge on any atom is -0.379 e. The van der Waals surface area contributed by atoms with E-state index in [0.29, 0.717) is 12.3 Å². The first-order valence-corrected chi connectivity index (χ1v) is 8.29. The van der Waals surface area contributed by atoms with Crippen LogP contribution in [0.15, 0.2) is 0 Å². The molecular weight excluding hydrogens is 266 g/mol. The number of nitrogens with one attached hydrogen (secondary N) is 1. The van der Waals surface area contributed by atoms with E-state index in [1.54, 1.807) is 0 Å². The molecule has 5 heteroatoms. The molecular formula is C16H31N3O2. The van der Waals surface area contributed by atoms with Gasteiger partial charge in [-0.3, -0.25) is 9.69 Å². The molecule has 2 heterocycles. The van der Waals surface area contributed by atoms with E-state index < -0.39 is 0 Å². The molecule has 0 radical (unpaired) electrons. The molecule has 0 atom stereocenters. The molecule has 0 spiro atoms. The molecule has 5 nitrogen and oxygen atoms in total. The molecule has 0 aliphatic carbocycles. The minimum absolute atomic E-state index is 0.0458. The second-order valence-electron chi connectivity index (χ2n) is 7.12. The van der Waals surface area contributed by atoms with Crippen LogP contribution in [0.5, 0.6) is 0 Å². The highest BCUT2D eigenvalue weighted by Crippen LogP contribution is 2.24. The Labute approximate surface area is 129 Å². The average molecular weight is 297 g/mol. The highest BCUT2D eigenvalue weighted by molar-refractivity contribution is 5.77. The van der Waals surface area contributed by atoms with Crippen molar-refractivity contribution in [2.45, 2.75) is 38.6 Å². The minimum atomic E-state index is -0.0458. The average Bonchev–Trinajstić information content (AvgIpc) is 2.42. The molecule has 0 aromatic rings. The van der Waals surface area contributed by atoms with Gasteiger partial charge in [0.2, 0.25) is 5.91 Å². The largest absolute Gasteiger partial charge is 0.379 e. The van der Waals surface area contributed by atoms with Crippen LogP contribution >= 0.6 is 0 Å². The number of piperidine rings is 1. The third-order valence-corrected chi connectivity index (χ3v) is 4.57. The fourth-order valence-corrected chi connectivity index (χ4v) is 3.27. The summed E-state index contributed by atoms with van der Waals surface area (Å²) in [6, 6.07) is 0. The van der Waals surface area contributed by atoms with Gasteiger partial charge in [0.25, 0.3) is 0 Å². The summed E-state index contributed by atoms with van der Waals surface area (Å²) in [5.74, 6) is 0.625. The molecule has 2 fully saturated rings. The van der Waals surface area contributed by atoms with Gasteiger partial charge in [-0.2, -0.15) is 0 Å². The van der Waals surface area contributed by atoms with Crippen LogP contribution in [0.4, 0.5) is 0 Å². The molecule has 122 valence electrons. The Morgan fingerprint density at radius 2 is 1.81 bits per heavy atom. The molecule has 0 bridgehead atoms. The Morgan fingerprint density at radius 1 is 1.19 bits per heavy atom. The zero-order chi connectivity index (χ0) is 15.3. The lowest BCUT2D eigenvalue weighted by atomic mass is 9.86. The van der Waals surface area contributed by atoms with Crippen molar-refractivity contribution in [1.29, 1.82) is 0 Å². The molecule has 1 N–H and O–H groups in total. The third-order valence-electron chi connectivity index (χ3n) is 4.57. The van der Waals surface area contributed by atoms with Crippen molar-refractivity contribution >= 4 is 5.91 Å². The molecule has 0 aromatic carbocycles. The van der Waals surface area contributed by atoms with Crippen LogP contribution in [0.25, 0.3) is 0 Å². The molecule has 0 saturated carbocycles. The van der Waals surface area contributed by atoms with Crippen LogP contribution in [0.3, 0.4) is 0 Å². The third kappa shape index (κ3) is 5.24. The smallest absolute Gasteiger partial charge is 0.220 e. The summed E-state index contributed by atoms with van der Waals surface area (Å²) in [6.07, 6.45) is 2.72. The quantitative estimate of drug-likeness (QED) is 0.820. The van der Waals surface area contributed by atoms with Gasteiger partial charge in [0.05, 0.1) is 18.8 Å². The Hall–Kier alpha value is -0.650. The standard InChI is InChI=1S/C16H31N3O2/c1-14(2)12-15(20)17-16(4-6-18(3)7-5-16)13-19-8-10-21-11-9-19/h14H,4-13H2,1-3H3,(H,17,20). The van der Waals surface area contributed by atoms with Crippen molar-refractivity contribution in [2.24, 2.45) is 5.92 Å². The van der Waals surface area contributed by atoms with Gasteiger partial charge in [0.15, 0.2) is 0 Å². The maximum atomic E-state index is 12.3. The van der Waals surface area contributed by atoms with Crippen LogP contribution in [-0.4, -0.2) is 74.2 Å². The van der Waals surface area contributed by atoms with Gasteiger partial charge in [-0.15, -0.1) is 0 Å². The van der Waals surface area contributed by atoms with E-state index in [2.05, 4.69) is 36.0 Å². The molecule has 2 aliphatic heterocycles. The normalized spacial score (nSPS) is 24.2. The molecule has 21 heavy (non-hydrogen) atoms. The molecule has 2 saturated heterocycles. The monoisotopic (exact) mass is 297 g/mol. The van der Waals surface area contributed by atoms with E-state index in [0.717, 1.165) is 58.8 Å². The lowest BCUT2D eigenvalue weighted by Gasteiger charge is -2.45. The van der Waals surface area contributed by atoms with Gasteiger partial charge in [-0.1, -0.05) is 13.8 Å². The zero-order valence-corrected chi connectivity index (χ0v) is 13.9. The van der Waals surface area contributed by atoms with Gasteiger partial charge < -0.3 is 15.0 Å². The predicted molar refractivity (Wildman–Crippen MR) is 84.3 cm³/mol. The predicted octanol–water partition coefficient (Wildman–Crippen LogP) is 0.945. The van der Waals surface area contributed by atoms with E-state index in [4.69, 9.17) is 4.74 Å². The Bertz CT molecular complexity index is 332. The first-order valence-electron chi connectivity index (χ1n) is 8.29. The number of carbonyl (C=O) groups is 1. The second kappa shape index (κ2) is 7.56. The first kappa shape index (κ1) is 16.7. The van der Waals surface area contributed by atoms with Crippen LogP contribution in [0, 0.1) is 5.92 Å². The maximum absolute atomic E-state index is 12.3. The van der Waals surface area contributed by atoms with Crippen molar-refractivity contribution in [3.05, 3.63) is 0 Å². The van der Waals surface area contributed by atoms with Gasteiger partial charge in [0.1, 0.15) is 0 Å². The number of rotatable bonds is 5. The lowest BCUT2D eigenvalue weighted by molar-refractivity contribution is -0.125. The van der Waals surface area contributed by atoms with Gasteiger partial charge >= 0.3 is 0 Å². The maximum Gasteiger partial charge on any atom is 0.220 e. The van der Waals surface area contributed by atoms with Crippen molar-refractivity contribution in [3.8, 4) is 0 Å². The summed E-state index contributed by atoms with van der Waals surface area (Å²) in [5, 5.41) is 3.38. The number of hydrogen-bond donors (Lipinski definition) is 1. The van der Waals surface area contributed by atoms with E-state index in [-0.39, 0.29) is 11.4 Å². The number of carbonyl (C=O) groups excluding carboxylic acids is 1. The Balaban J connectivity index is 1.97. The van der Waals surface area contributed by atoms with Crippen molar-refractivity contribution in [1.82, 2.24) is 15.1 Å². The Kier molecular flexibility index (Phi) is 6.02. The molecule has 2 aliphatic rings. The number of hydrogen-bond acceptors (Lipinski definition) is 4. The lowest BCUT2D eigenvalue weighted by Crippen LogP contribution is -2.61. The summed E-state index contributed by atoms with van der Waals surface area (Å²) < 4.78 is 5.44. The van der Waals surface area contributed by atoms with E-state index >= 15 is 0 Å². The molecule has 2 rings (SSSR count). The summed E-state index contributed by atoms with van der Waals surface area (Å²) in [4.78, 5) is 17.1. The summed E-state index contributed by atoms with van der Waals surface area (Å²) in [7, 11) is 2.16. The van der Waals surface area contributed by atoms with Crippen LogP contribution in [0.1, 0.15) is 33.1 Å². The molecule has 0 aromatic heterocycles. The highest BCUT2D eigenvalue weighted by atomic mass is 16.5. The fourth-order valence-electron chi connectivity index (χ4n) is 3.27. The SMILES string of the molecule is CC(C)CC(=O)NC1(CN2CCOCC2)CCN(C)CC1. The van der Waals surface area contributed by atoms with E-state index in [1.807, 2.05) is 0 Å². The van der Waals surface area contributed by atoms with E-state index in [1.165, 1.54) is 0 Å². The number of morpholine rings is 1. The van der Waals surface area contributed by atoms with Crippen molar-refractivity contribution in [2.75, 3.05) is 53.0 Å². The van der Waals surface area contributed by atoms with Gasteiger partial charge in [0, 0.05) is 39.1 Å². The first-order chi connectivity index (χ1) is 9.99. The second-order valence-corrected chi connectivity index (χ2v) is 7.12. The number of amides is 1. The summed E-state index contributed by atoms with van der Waals surface area (Å²) in [6.45, 7) is 10.9. The van der Waals surface area contributed by atoms with Crippen LogP contribution in [0.2, 0.25) is 0 Å². The number of ether oxygens (including phenoxy) is 1. The summed E-state index contributed by atoms with van der Waals surface area (Å²) in [5.41, 5.74) is -0.0458. The number of nitrogens with zero attached hydrogens (tertiary/aromatic N) is 2. The van der Waals surface area contributed by atoms with Crippen LogP contribution in [-0.2, 0) is 9.53 Å². The topological polar surface area (TPSA) is 44.8 Å². The van der Waals surface area contributed by atoms with E-state index in [9.17, 15) is 4.79 Å². The highest BCUT2D eigenvalue weighted by Gasteiger charge is 2.37. The van der Waals surface area contributed by atoms with Gasteiger partial charge in [-0.25, -0.2) is 0 Å². The summed E-state index contributed by atoms with van der Waals surface area (Å²) >= 11 is 0. The fraction of sp³-hybridized carbons (Fsp3) is 0.938. The van der Waals surface area contributed by atoms with Gasteiger partial charge in [-0.05, 0) is 25.8 Å². The van der Waals surface area contributed by atoms with Crippen molar-refractivity contribution < 1.29 is 9.53 Å². The molecule has 0 unspecified atom stereocenters.